The summed E-state index contributed by atoms with van der Waals surface area (Å²) in [5.41, 5.74) is 4.13. The van der Waals surface area contributed by atoms with Crippen LogP contribution in [0.5, 0.6) is 5.75 Å². The highest BCUT2D eigenvalue weighted by atomic mass is 16.5. The van der Waals surface area contributed by atoms with Crippen molar-refractivity contribution in [2.45, 2.75) is 6.54 Å². The number of methoxy groups -OCH3 is 1. The summed E-state index contributed by atoms with van der Waals surface area (Å²) < 4.78 is 13.3. The standard InChI is InChI=1S/C26H22N2O3/c1-28-21-11-7-6-10-20(21)24-23(26(28)29)22(18-12-14-19(30-2)15-13-18)25(31-24)27-16-17-8-4-3-5-9-17/h3-15,27H,16H2,1-2H3. The van der Waals surface area contributed by atoms with Crippen LogP contribution in [0, 0.1) is 0 Å². The average molecular weight is 410 g/mol. The Bertz CT molecular complexity index is 1430. The molecule has 3 aromatic carbocycles. The number of para-hydroxylation sites is 1. The summed E-state index contributed by atoms with van der Waals surface area (Å²) >= 11 is 0. The molecule has 2 heterocycles. The van der Waals surface area contributed by atoms with Gasteiger partial charge in [0.2, 0.25) is 5.88 Å². The van der Waals surface area contributed by atoms with Crippen molar-refractivity contribution in [3.05, 3.63) is 94.8 Å². The second kappa shape index (κ2) is 7.69. The zero-order valence-corrected chi connectivity index (χ0v) is 17.4. The lowest BCUT2D eigenvalue weighted by molar-refractivity contribution is 0.415. The first-order valence-electron chi connectivity index (χ1n) is 10.1. The third kappa shape index (κ3) is 3.24. The van der Waals surface area contributed by atoms with Crippen LogP contribution in [0.25, 0.3) is 33.0 Å². The van der Waals surface area contributed by atoms with E-state index in [-0.39, 0.29) is 5.56 Å². The van der Waals surface area contributed by atoms with Crippen LogP contribution in [0.3, 0.4) is 0 Å². The first-order valence-corrected chi connectivity index (χ1v) is 10.1. The molecule has 5 nitrogen and oxygen atoms in total. The molecular formula is C26H22N2O3. The fraction of sp³-hybridized carbons (Fsp3) is 0.115. The Hall–Kier alpha value is -3.99. The molecule has 0 aliphatic rings. The molecule has 0 fully saturated rings. The molecule has 5 heteroatoms. The van der Waals surface area contributed by atoms with Crippen molar-refractivity contribution in [3.8, 4) is 16.9 Å². The zero-order chi connectivity index (χ0) is 21.4. The highest BCUT2D eigenvalue weighted by molar-refractivity contribution is 6.10. The van der Waals surface area contributed by atoms with Gasteiger partial charge in [-0.1, -0.05) is 54.6 Å². The van der Waals surface area contributed by atoms with Crippen LogP contribution in [-0.4, -0.2) is 11.7 Å². The van der Waals surface area contributed by atoms with Crippen molar-refractivity contribution in [3.63, 3.8) is 0 Å². The van der Waals surface area contributed by atoms with Crippen molar-refractivity contribution in [2.75, 3.05) is 12.4 Å². The topological polar surface area (TPSA) is 56.4 Å². The number of nitrogens with zero attached hydrogens (tertiary/aromatic N) is 1. The molecule has 1 N–H and O–H groups in total. The molecule has 0 saturated carbocycles. The summed E-state index contributed by atoms with van der Waals surface area (Å²) in [6.45, 7) is 0.585. The fourth-order valence-corrected chi connectivity index (χ4v) is 4.00. The molecule has 0 atom stereocenters. The van der Waals surface area contributed by atoms with E-state index >= 15 is 0 Å². The Morgan fingerprint density at radius 2 is 1.65 bits per heavy atom. The second-order valence-electron chi connectivity index (χ2n) is 7.46. The number of ether oxygens (including phenoxy) is 1. The summed E-state index contributed by atoms with van der Waals surface area (Å²) in [5, 5.41) is 4.89. The van der Waals surface area contributed by atoms with Gasteiger partial charge in [-0.2, -0.15) is 0 Å². The largest absolute Gasteiger partial charge is 0.497 e. The van der Waals surface area contributed by atoms with Crippen LogP contribution in [0.15, 0.2) is 88.1 Å². The Labute approximate surface area is 179 Å². The van der Waals surface area contributed by atoms with E-state index < -0.39 is 0 Å². The van der Waals surface area contributed by atoms with Crippen LogP contribution in [0.1, 0.15) is 5.56 Å². The summed E-state index contributed by atoms with van der Waals surface area (Å²) in [7, 11) is 3.43. The SMILES string of the molecule is COc1ccc(-c2c(NCc3ccccc3)oc3c2c(=O)n(C)c2ccccc32)cc1. The number of rotatable bonds is 5. The Morgan fingerprint density at radius 1 is 0.935 bits per heavy atom. The normalized spacial score (nSPS) is 11.2. The van der Waals surface area contributed by atoms with Crippen molar-refractivity contribution in [1.82, 2.24) is 4.57 Å². The lowest BCUT2D eigenvalue weighted by atomic mass is 10.0. The molecule has 2 aromatic heterocycles. The zero-order valence-electron chi connectivity index (χ0n) is 17.4. The molecule has 0 amide bonds. The Kier molecular flexibility index (Phi) is 4.71. The number of furan rings is 1. The minimum Gasteiger partial charge on any atom is -0.497 e. The average Bonchev–Trinajstić information content (AvgIpc) is 3.22. The quantitative estimate of drug-likeness (QED) is 0.411. The van der Waals surface area contributed by atoms with Gasteiger partial charge in [0.05, 0.1) is 23.6 Å². The van der Waals surface area contributed by atoms with Crippen LogP contribution in [0.4, 0.5) is 5.88 Å². The minimum absolute atomic E-state index is 0.0870. The fourth-order valence-electron chi connectivity index (χ4n) is 4.00. The number of benzene rings is 3. The predicted octanol–water partition coefficient (Wildman–Crippen LogP) is 5.57. The van der Waals surface area contributed by atoms with Gasteiger partial charge < -0.3 is 19.0 Å². The summed E-state index contributed by atoms with van der Waals surface area (Å²) in [4.78, 5) is 13.4. The van der Waals surface area contributed by atoms with Gasteiger partial charge in [0.25, 0.3) is 5.56 Å². The monoisotopic (exact) mass is 410 g/mol. The molecule has 0 aliphatic heterocycles. The number of fused-ring (bicyclic) bond motifs is 3. The smallest absolute Gasteiger partial charge is 0.262 e. The van der Waals surface area contributed by atoms with Gasteiger partial charge in [0.1, 0.15) is 5.75 Å². The van der Waals surface area contributed by atoms with E-state index in [0.29, 0.717) is 23.4 Å². The third-order valence-corrected chi connectivity index (χ3v) is 5.61. The van der Waals surface area contributed by atoms with Gasteiger partial charge >= 0.3 is 0 Å². The number of nitrogens with one attached hydrogen (secondary N) is 1. The van der Waals surface area contributed by atoms with E-state index in [1.54, 1.807) is 18.7 Å². The number of hydrogen-bond acceptors (Lipinski definition) is 4. The maximum atomic E-state index is 13.4. The number of hydrogen-bond donors (Lipinski definition) is 1. The molecule has 5 aromatic rings. The van der Waals surface area contributed by atoms with E-state index in [9.17, 15) is 4.79 Å². The van der Waals surface area contributed by atoms with Gasteiger partial charge in [-0.25, -0.2) is 0 Å². The Morgan fingerprint density at radius 3 is 2.39 bits per heavy atom. The molecule has 0 saturated heterocycles. The Balaban J connectivity index is 1.76. The minimum atomic E-state index is -0.0870. The van der Waals surface area contributed by atoms with Gasteiger partial charge in [0, 0.05) is 19.0 Å². The van der Waals surface area contributed by atoms with Crippen molar-refractivity contribution < 1.29 is 9.15 Å². The molecule has 5 rings (SSSR count). The van der Waals surface area contributed by atoms with Crippen LogP contribution in [-0.2, 0) is 13.6 Å². The number of aryl methyl sites for hydroxylation is 1. The molecule has 0 radical (unpaired) electrons. The lowest BCUT2D eigenvalue weighted by Gasteiger charge is -2.08. The molecule has 154 valence electrons. The molecule has 0 unspecified atom stereocenters. The predicted molar refractivity (Wildman–Crippen MR) is 125 cm³/mol. The highest BCUT2D eigenvalue weighted by Gasteiger charge is 2.22. The van der Waals surface area contributed by atoms with Gasteiger partial charge in [-0.15, -0.1) is 0 Å². The van der Waals surface area contributed by atoms with Gasteiger partial charge in [-0.3, -0.25) is 4.79 Å². The van der Waals surface area contributed by atoms with E-state index in [2.05, 4.69) is 17.4 Å². The van der Waals surface area contributed by atoms with Gasteiger partial charge in [0.15, 0.2) is 5.58 Å². The van der Waals surface area contributed by atoms with E-state index in [0.717, 1.165) is 33.3 Å². The highest BCUT2D eigenvalue weighted by Crippen LogP contribution is 2.40. The van der Waals surface area contributed by atoms with Gasteiger partial charge in [-0.05, 0) is 35.4 Å². The summed E-state index contributed by atoms with van der Waals surface area (Å²) in [5.74, 6) is 1.34. The lowest BCUT2D eigenvalue weighted by Crippen LogP contribution is -2.17. The van der Waals surface area contributed by atoms with E-state index in [1.165, 1.54) is 0 Å². The van der Waals surface area contributed by atoms with E-state index in [1.807, 2.05) is 66.7 Å². The molecule has 0 aliphatic carbocycles. The van der Waals surface area contributed by atoms with Crippen LogP contribution in [0.2, 0.25) is 0 Å². The summed E-state index contributed by atoms with van der Waals surface area (Å²) in [6, 6.07) is 25.6. The second-order valence-corrected chi connectivity index (χ2v) is 7.46. The maximum Gasteiger partial charge on any atom is 0.262 e. The molecule has 0 spiro atoms. The van der Waals surface area contributed by atoms with E-state index in [4.69, 9.17) is 9.15 Å². The number of aromatic nitrogens is 1. The molecule has 31 heavy (non-hydrogen) atoms. The van der Waals surface area contributed by atoms with Crippen molar-refractivity contribution in [2.24, 2.45) is 7.05 Å². The first kappa shape index (κ1) is 19.0. The van der Waals surface area contributed by atoms with Crippen molar-refractivity contribution in [1.29, 1.82) is 0 Å². The first-order chi connectivity index (χ1) is 15.2. The maximum absolute atomic E-state index is 13.4. The van der Waals surface area contributed by atoms with Crippen LogP contribution < -0.4 is 15.6 Å². The van der Waals surface area contributed by atoms with Crippen LogP contribution >= 0.6 is 0 Å². The summed E-state index contributed by atoms with van der Waals surface area (Å²) in [6.07, 6.45) is 0. The third-order valence-electron chi connectivity index (χ3n) is 5.61. The number of pyridine rings is 1. The molecular weight excluding hydrogens is 388 g/mol. The molecule has 0 bridgehead atoms. The number of anilines is 1. The van der Waals surface area contributed by atoms with Crippen molar-refractivity contribution >= 4 is 27.8 Å².